The summed E-state index contributed by atoms with van der Waals surface area (Å²) in [6, 6.07) is 0.0852. The van der Waals surface area contributed by atoms with Gasteiger partial charge in [-0.2, -0.15) is 0 Å². The molecule has 1 rings (SSSR count). The highest BCUT2D eigenvalue weighted by Crippen LogP contribution is 2.14. The van der Waals surface area contributed by atoms with Crippen molar-refractivity contribution < 1.29 is 14.7 Å². The first-order valence-electron chi connectivity index (χ1n) is 6.86. The number of likely N-dealkylation sites (N-methyl/N-ethyl adjacent to an activating group) is 1. The van der Waals surface area contributed by atoms with Gasteiger partial charge in [0.15, 0.2) is 0 Å². The van der Waals surface area contributed by atoms with Crippen LogP contribution in [0.15, 0.2) is 0 Å². The molecule has 1 aliphatic rings. The van der Waals surface area contributed by atoms with Crippen LogP contribution in [0.5, 0.6) is 0 Å². The molecule has 0 radical (unpaired) electrons. The van der Waals surface area contributed by atoms with Crippen LogP contribution >= 0.6 is 0 Å². The monoisotopic (exact) mass is 271 g/mol. The normalized spacial score (nSPS) is 16.3. The molecule has 1 fully saturated rings. The molecule has 6 nitrogen and oxygen atoms in total. The number of carbonyl (C=O) groups excluding carboxylic acids is 2. The van der Waals surface area contributed by atoms with Crippen molar-refractivity contribution in [1.82, 2.24) is 15.1 Å². The maximum atomic E-state index is 12.0. The first-order chi connectivity index (χ1) is 8.96. The van der Waals surface area contributed by atoms with Gasteiger partial charge in [-0.15, -0.1) is 0 Å². The Labute approximate surface area is 114 Å². The predicted molar refractivity (Wildman–Crippen MR) is 72.5 cm³/mol. The van der Waals surface area contributed by atoms with Gasteiger partial charge in [0.25, 0.3) is 0 Å². The molecular formula is C13H25N3O3. The summed E-state index contributed by atoms with van der Waals surface area (Å²) in [5.74, 6) is 0.145. The number of hydrogen-bond donors (Lipinski definition) is 2. The van der Waals surface area contributed by atoms with E-state index in [1.807, 2.05) is 25.7 Å². The van der Waals surface area contributed by atoms with E-state index in [0.717, 1.165) is 13.1 Å². The first kappa shape index (κ1) is 15.9. The summed E-state index contributed by atoms with van der Waals surface area (Å²) < 4.78 is 0. The number of aliphatic hydroxyl groups excluding tert-OH is 1. The molecule has 2 N–H and O–H groups in total. The fourth-order valence-electron chi connectivity index (χ4n) is 2.13. The van der Waals surface area contributed by atoms with E-state index in [9.17, 15) is 9.59 Å². The molecule has 19 heavy (non-hydrogen) atoms. The van der Waals surface area contributed by atoms with E-state index in [-0.39, 0.29) is 31.0 Å². The van der Waals surface area contributed by atoms with Crippen LogP contribution in [-0.2, 0) is 9.59 Å². The van der Waals surface area contributed by atoms with E-state index in [0.29, 0.717) is 19.0 Å². The first-order valence-corrected chi connectivity index (χ1v) is 6.86. The van der Waals surface area contributed by atoms with Gasteiger partial charge in [0.05, 0.1) is 13.1 Å². The number of amides is 2. The molecule has 110 valence electrons. The van der Waals surface area contributed by atoms with Gasteiger partial charge in [-0.25, -0.2) is 0 Å². The van der Waals surface area contributed by atoms with Gasteiger partial charge >= 0.3 is 0 Å². The van der Waals surface area contributed by atoms with E-state index in [2.05, 4.69) is 5.32 Å². The van der Waals surface area contributed by atoms with Crippen molar-refractivity contribution in [2.45, 2.75) is 26.8 Å². The summed E-state index contributed by atoms with van der Waals surface area (Å²) >= 11 is 0. The highest BCUT2D eigenvalue weighted by atomic mass is 16.3. The second-order valence-corrected chi connectivity index (χ2v) is 5.37. The standard InChI is InChI=1S/C13H25N3O3/c1-4-16(7-12(18)14-10(2)3)13(19)8-15-5-11(6-15)9-17/h10-11,17H,4-9H2,1-3H3,(H,14,18). The van der Waals surface area contributed by atoms with Gasteiger partial charge < -0.3 is 15.3 Å². The molecule has 0 aliphatic carbocycles. The van der Waals surface area contributed by atoms with Gasteiger partial charge in [-0.3, -0.25) is 14.5 Å². The molecule has 6 heteroatoms. The number of rotatable bonds is 7. The quantitative estimate of drug-likeness (QED) is 0.641. The minimum absolute atomic E-state index is 0.0298. The lowest BCUT2D eigenvalue weighted by molar-refractivity contribution is -0.138. The summed E-state index contributed by atoms with van der Waals surface area (Å²) in [4.78, 5) is 27.2. The van der Waals surface area contributed by atoms with Crippen molar-refractivity contribution in [2.75, 3.05) is 39.3 Å². The largest absolute Gasteiger partial charge is 0.396 e. The van der Waals surface area contributed by atoms with Crippen LogP contribution in [0.2, 0.25) is 0 Å². The van der Waals surface area contributed by atoms with Gasteiger partial charge in [0.1, 0.15) is 0 Å². The Morgan fingerprint density at radius 3 is 2.53 bits per heavy atom. The molecule has 1 aliphatic heterocycles. The zero-order valence-corrected chi connectivity index (χ0v) is 12.1. The number of aliphatic hydroxyl groups is 1. The van der Waals surface area contributed by atoms with E-state index in [1.165, 1.54) is 0 Å². The van der Waals surface area contributed by atoms with E-state index >= 15 is 0 Å². The van der Waals surface area contributed by atoms with E-state index < -0.39 is 0 Å². The fraction of sp³-hybridized carbons (Fsp3) is 0.846. The molecule has 0 aromatic rings. The summed E-state index contributed by atoms with van der Waals surface area (Å²) in [6.45, 7) is 8.34. The second-order valence-electron chi connectivity index (χ2n) is 5.37. The molecule has 1 heterocycles. The zero-order chi connectivity index (χ0) is 14.4. The van der Waals surface area contributed by atoms with Crippen LogP contribution in [0.1, 0.15) is 20.8 Å². The zero-order valence-electron chi connectivity index (χ0n) is 12.1. The molecule has 0 aromatic heterocycles. The van der Waals surface area contributed by atoms with Crippen LogP contribution in [0, 0.1) is 5.92 Å². The van der Waals surface area contributed by atoms with E-state index in [4.69, 9.17) is 5.11 Å². The van der Waals surface area contributed by atoms with E-state index in [1.54, 1.807) is 4.90 Å². The van der Waals surface area contributed by atoms with Gasteiger partial charge in [-0.05, 0) is 20.8 Å². The fourth-order valence-corrected chi connectivity index (χ4v) is 2.13. The number of carbonyl (C=O) groups is 2. The molecule has 2 amide bonds. The summed E-state index contributed by atoms with van der Waals surface area (Å²) in [6.07, 6.45) is 0. The number of nitrogens with one attached hydrogen (secondary N) is 1. The highest BCUT2D eigenvalue weighted by Gasteiger charge is 2.28. The van der Waals surface area contributed by atoms with Crippen molar-refractivity contribution in [2.24, 2.45) is 5.92 Å². The summed E-state index contributed by atoms with van der Waals surface area (Å²) in [5.41, 5.74) is 0. The van der Waals surface area contributed by atoms with Crippen molar-refractivity contribution in [1.29, 1.82) is 0 Å². The third-order valence-corrected chi connectivity index (χ3v) is 3.17. The minimum atomic E-state index is -0.123. The molecular weight excluding hydrogens is 246 g/mol. The maximum absolute atomic E-state index is 12.0. The Bertz CT molecular complexity index is 314. The topological polar surface area (TPSA) is 72.9 Å². The lowest BCUT2D eigenvalue weighted by Crippen LogP contribution is -2.53. The smallest absolute Gasteiger partial charge is 0.239 e. The van der Waals surface area contributed by atoms with Crippen molar-refractivity contribution >= 4 is 11.8 Å². The Balaban J connectivity index is 2.33. The van der Waals surface area contributed by atoms with Gasteiger partial charge in [0, 0.05) is 38.2 Å². The number of nitrogens with zero attached hydrogens (tertiary/aromatic N) is 2. The third-order valence-electron chi connectivity index (χ3n) is 3.17. The summed E-state index contributed by atoms with van der Waals surface area (Å²) in [5, 5.41) is 11.7. The SMILES string of the molecule is CCN(CC(=O)NC(C)C)C(=O)CN1CC(CO)C1. The molecule has 0 unspecified atom stereocenters. The molecule has 0 aromatic carbocycles. The minimum Gasteiger partial charge on any atom is -0.396 e. The molecule has 0 atom stereocenters. The number of hydrogen-bond acceptors (Lipinski definition) is 4. The Hall–Kier alpha value is -1.14. The van der Waals surface area contributed by atoms with Crippen LogP contribution in [-0.4, -0.2) is 72.1 Å². The summed E-state index contributed by atoms with van der Waals surface area (Å²) in [7, 11) is 0. The van der Waals surface area contributed by atoms with Crippen molar-refractivity contribution in [3.63, 3.8) is 0 Å². The van der Waals surface area contributed by atoms with Crippen molar-refractivity contribution in [3.05, 3.63) is 0 Å². The average Bonchev–Trinajstić information content (AvgIpc) is 2.28. The molecule has 1 saturated heterocycles. The van der Waals surface area contributed by atoms with Crippen LogP contribution in [0.3, 0.4) is 0 Å². The maximum Gasteiger partial charge on any atom is 0.239 e. The third kappa shape index (κ3) is 5.16. The molecule has 0 saturated carbocycles. The Kier molecular flexibility index (Phi) is 6.24. The van der Waals surface area contributed by atoms with Crippen LogP contribution in [0.25, 0.3) is 0 Å². The predicted octanol–water partition coefficient (Wildman–Crippen LogP) is -0.716. The number of likely N-dealkylation sites (tertiary alicyclic amines) is 1. The van der Waals surface area contributed by atoms with Gasteiger partial charge in [0.2, 0.25) is 11.8 Å². The van der Waals surface area contributed by atoms with Gasteiger partial charge in [-0.1, -0.05) is 0 Å². The lowest BCUT2D eigenvalue weighted by Gasteiger charge is -2.38. The van der Waals surface area contributed by atoms with Crippen molar-refractivity contribution in [3.8, 4) is 0 Å². The Morgan fingerprint density at radius 1 is 1.42 bits per heavy atom. The van der Waals surface area contributed by atoms with Crippen LogP contribution in [0.4, 0.5) is 0 Å². The molecule has 0 spiro atoms. The lowest BCUT2D eigenvalue weighted by atomic mass is 10.0. The highest BCUT2D eigenvalue weighted by molar-refractivity contribution is 5.85. The van der Waals surface area contributed by atoms with Crippen LogP contribution < -0.4 is 5.32 Å². The Morgan fingerprint density at radius 2 is 2.05 bits per heavy atom. The average molecular weight is 271 g/mol. The molecule has 0 bridgehead atoms. The second kappa shape index (κ2) is 7.45.